The number of amides is 1. The Balaban J connectivity index is 1.63. The first-order valence-corrected chi connectivity index (χ1v) is 14.9. The van der Waals surface area contributed by atoms with Crippen molar-refractivity contribution in [1.29, 1.82) is 0 Å². The topological polar surface area (TPSA) is 77.0 Å². The zero-order valence-electron chi connectivity index (χ0n) is 23.3. The Morgan fingerprint density at radius 2 is 1.41 bits per heavy atom. The number of hydrazone groups is 1. The monoisotopic (exact) mass is 576 g/mol. The van der Waals surface area contributed by atoms with Gasteiger partial charge in [0.25, 0.3) is 0 Å². The molecule has 0 saturated carbocycles. The van der Waals surface area contributed by atoms with Gasteiger partial charge >= 0.3 is 5.97 Å². The highest BCUT2D eigenvalue weighted by molar-refractivity contribution is 6.42. The summed E-state index contributed by atoms with van der Waals surface area (Å²) in [5.74, 6) is -0.0926. The number of benzene rings is 2. The molecule has 1 amide bonds. The second-order valence-electron chi connectivity index (χ2n) is 9.71. The van der Waals surface area contributed by atoms with E-state index in [0.717, 1.165) is 12.8 Å². The van der Waals surface area contributed by atoms with E-state index in [-0.39, 0.29) is 22.2 Å². The molecular formula is C31H42Cl2N2O4. The highest BCUT2D eigenvalue weighted by atomic mass is 35.5. The number of carbonyl (C=O) groups excluding carboxylic acids is 2. The van der Waals surface area contributed by atoms with Crippen LogP contribution < -0.4 is 14.9 Å². The Labute approximate surface area is 243 Å². The normalized spacial score (nSPS) is 11.1. The molecule has 6 nitrogen and oxygen atoms in total. The van der Waals surface area contributed by atoms with Crippen LogP contribution >= 0.6 is 23.2 Å². The van der Waals surface area contributed by atoms with Crippen LogP contribution in [0.25, 0.3) is 0 Å². The Kier molecular flexibility index (Phi) is 16.3. The van der Waals surface area contributed by atoms with Gasteiger partial charge in [0.05, 0.1) is 28.9 Å². The fourth-order valence-electron chi connectivity index (χ4n) is 4.17. The lowest BCUT2D eigenvalue weighted by atomic mass is 10.0. The lowest BCUT2D eigenvalue weighted by molar-refractivity contribution is -0.121. The third-order valence-corrected chi connectivity index (χ3v) is 7.19. The molecule has 2 rings (SSSR count). The summed E-state index contributed by atoms with van der Waals surface area (Å²) in [5.41, 5.74) is 3.52. The van der Waals surface area contributed by atoms with E-state index in [2.05, 4.69) is 17.5 Å². The lowest BCUT2D eigenvalue weighted by Crippen LogP contribution is -2.16. The van der Waals surface area contributed by atoms with Gasteiger partial charge in [-0.2, -0.15) is 5.10 Å². The van der Waals surface area contributed by atoms with Crippen LogP contribution in [-0.2, 0) is 4.79 Å². The molecule has 8 heteroatoms. The van der Waals surface area contributed by atoms with E-state index in [9.17, 15) is 9.59 Å². The van der Waals surface area contributed by atoms with Crippen molar-refractivity contribution in [3.8, 4) is 11.5 Å². The lowest BCUT2D eigenvalue weighted by Gasteiger charge is -2.10. The van der Waals surface area contributed by atoms with Gasteiger partial charge in [0, 0.05) is 6.42 Å². The zero-order valence-corrected chi connectivity index (χ0v) is 24.8. The van der Waals surface area contributed by atoms with Crippen LogP contribution in [0.5, 0.6) is 11.5 Å². The van der Waals surface area contributed by atoms with E-state index in [1.54, 1.807) is 18.2 Å². The summed E-state index contributed by atoms with van der Waals surface area (Å²) in [4.78, 5) is 24.5. The predicted molar refractivity (Wildman–Crippen MR) is 160 cm³/mol. The Morgan fingerprint density at radius 1 is 0.795 bits per heavy atom. The number of methoxy groups -OCH3 is 1. The van der Waals surface area contributed by atoms with Gasteiger partial charge in [0.2, 0.25) is 5.91 Å². The summed E-state index contributed by atoms with van der Waals surface area (Å²) in [6, 6.07) is 9.49. The first-order chi connectivity index (χ1) is 18.9. The Morgan fingerprint density at radius 3 is 2.00 bits per heavy atom. The van der Waals surface area contributed by atoms with Gasteiger partial charge in [-0.25, -0.2) is 10.2 Å². The van der Waals surface area contributed by atoms with Crippen LogP contribution in [0.1, 0.15) is 113 Å². The SMILES string of the molecule is CCCCCCCCCCCCCCCC(=O)NN=Cc1ccc(OC(=O)c2ccc(Cl)c(Cl)c2)c(OC)c1. The summed E-state index contributed by atoms with van der Waals surface area (Å²) < 4.78 is 10.8. The van der Waals surface area contributed by atoms with Gasteiger partial charge in [-0.05, 0) is 48.4 Å². The van der Waals surface area contributed by atoms with Crippen LogP contribution in [0.2, 0.25) is 10.0 Å². The largest absolute Gasteiger partial charge is 0.493 e. The third kappa shape index (κ3) is 13.4. The molecule has 0 heterocycles. The molecule has 0 radical (unpaired) electrons. The van der Waals surface area contributed by atoms with Gasteiger partial charge in [0.15, 0.2) is 11.5 Å². The number of nitrogens with zero attached hydrogens (tertiary/aromatic N) is 1. The maximum Gasteiger partial charge on any atom is 0.343 e. The number of rotatable bonds is 19. The maximum atomic E-state index is 12.5. The van der Waals surface area contributed by atoms with E-state index < -0.39 is 5.97 Å². The highest BCUT2D eigenvalue weighted by Gasteiger charge is 2.14. The van der Waals surface area contributed by atoms with Gasteiger partial charge in [0.1, 0.15) is 0 Å². The fraction of sp³-hybridized carbons (Fsp3) is 0.516. The summed E-state index contributed by atoms with van der Waals surface area (Å²) in [6.45, 7) is 2.26. The van der Waals surface area contributed by atoms with E-state index in [0.29, 0.717) is 22.8 Å². The van der Waals surface area contributed by atoms with Crippen molar-refractivity contribution in [3.05, 3.63) is 57.6 Å². The quantitative estimate of drug-likeness (QED) is 0.0594. The molecule has 0 saturated heterocycles. The molecule has 0 spiro atoms. The maximum absolute atomic E-state index is 12.5. The molecule has 0 bridgehead atoms. The van der Waals surface area contributed by atoms with Crippen molar-refractivity contribution in [3.63, 3.8) is 0 Å². The van der Waals surface area contributed by atoms with Crippen molar-refractivity contribution in [1.82, 2.24) is 5.43 Å². The number of hydrogen-bond acceptors (Lipinski definition) is 5. The molecule has 0 aliphatic carbocycles. The average molecular weight is 578 g/mol. The fourth-order valence-corrected chi connectivity index (χ4v) is 4.47. The molecule has 0 aromatic heterocycles. The molecule has 0 atom stereocenters. The number of esters is 1. The van der Waals surface area contributed by atoms with Crippen molar-refractivity contribution in [2.24, 2.45) is 5.10 Å². The summed E-state index contributed by atoms with van der Waals surface area (Å²) in [7, 11) is 1.48. The molecule has 1 N–H and O–H groups in total. The first kappa shape index (κ1) is 32.6. The molecular weight excluding hydrogens is 535 g/mol. The van der Waals surface area contributed by atoms with Gasteiger partial charge in [-0.3, -0.25) is 4.79 Å². The molecule has 0 unspecified atom stereocenters. The molecule has 39 heavy (non-hydrogen) atoms. The van der Waals surface area contributed by atoms with Crippen LogP contribution in [0.4, 0.5) is 0 Å². The van der Waals surface area contributed by atoms with Crippen LogP contribution in [0.3, 0.4) is 0 Å². The van der Waals surface area contributed by atoms with Gasteiger partial charge < -0.3 is 9.47 Å². The van der Waals surface area contributed by atoms with Crippen molar-refractivity contribution in [2.75, 3.05) is 7.11 Å². The van der Waals surface area contributed by atoms with Crippen molar-refractivity contribution < 1.29 is 19.1 Å². The number of nitrogens with one attached hydrogen (secondary N) is 1. The second kappa shape index (κ2) is 19.5. The summed E-state index contributed by atoms with van der Waals surface area (Å²) in [5, 5.41) is 4.66. The third-order valence-electron chi connectivity index (χ3n) is 6.46. The Hall–Kier alpha value is -2.57. The van der Waals surface area contributed by atoms with Crippen molar-refractivity contribution >= 4 is 41.3 Å². The number of halogens is 2. The average Bonchev–Trinajstić information content (AvgIpc) is 2.93. The molecule has 2 aromatic carbocycles. The number of ether oxygens (including phenoxy) is 2. The van der Waals surface area contributed by atoms with E-state index in [1.807, 2.05) is 0 Å². The second-order valence-corrected chi connectivity index (χ2v) is 10.5. The molecule has 2 aromatic rings. The van der Waals surface area contributed by atoms with Crippen molar-refractivity contribution in [2.45, 2.75) is 96.8 Å². The molecule has 214 valence electrons. The minimum absolute atomic E-state index is 0.103. The smallest absolute Gasteiger partial charge is 0.343 e. The first-order valence-electron chi connectivity index (χ1n) is 14.1. The van der Waals surface area contributed by atoms with Gasteiger partial charge in [-0.15, -0.1) is 0 Å². The number of hydrogen-bond donors (Lipinski definition) is 1. The van der Waals surface area contributed by atoms with Gasteiger partial charge in [-0.1, -0.05) is 107 Å². The van der Waals surface area contributed by atoms with E-state index in [1.165, 1.54) is 102 Å². The molecule has 0 aliphatic heterocycles. The summed E-state index contributed by atoms with van der Waals surface area (Å²) in [6.07, 6.45) is 18.5. The highest BCUT2D eigenvalue weighted by Crippen LogP contribution is 2.29. The van der Waals surface area contributed by atoms with E-state index >= 15 is 0 Å². The minimum atomic E-state index is -0.589. The van der Waals surface area contributed by atoms with Crippen LogP contribution in [0.15, 0.2) is 41.5 Å². The molecule has 0 fully saturated rings. The standard InChI is InChI=1S/C31H42Cl2N2O4/c1-3-4-5-6-7-8-9-10-11-12-13-14-15-16-30(36)35-34-23-24-17-20-28(29(21-24)38-2)39-31(37)25-18-19-26(32)27(33)22-25/h17-23H,3-16H2,1-2H3,(H,35,36). The minimum Gasteiger partial charge on any atom is -0.493 e. The van der Waals surface area contributed by atoms with E-state index in [4.69, 9.17) is 32.7 Å². The summed E-state index contributed by atoms with van der Waals surface area (Å²) >= 11 is 11.9. The van der Waals surface area contributed by atoms with Crippen LogP contribution in [-0.4, -0.2) is 25.2 Å². The predicted octanol–water partition coefficient (Wildman–Crippen LogP) is 9.15. The molecule has 0 aliphatic rings. The zero-order chi connectivity index (χ0) is 28.3. The number of carbonyl (C=O) groups is 2. The number of unbranched alkanes of at least 4 members (excludes halogenated alkanes) is 12. The van der Waals surface area contributed by atoms with Crippen LogP contribution in [0, 0.1) is 0 Å². The Bertz CT molecular complexity index is 1060.